The van der Waals surface area contributed by atoms with E-state index in [0.29, 0.717) is 24.8 Å². The van der Waals surface area contributed by atoms with E-state index in [0.717, 1.165) is 16.8 Å². The van der Waals surface area contributed by atoms with Crippen molar-refractivity contribution in [3.05, 3.63) is 51.4 Å². The smallest absolute Gasteiger partial charge is 0.292 e. The molecule has 0 amide bonds. The molecule has 1 saturated heterocycles. The first kappa shape index (κ1) is 18.8. The van der Waals surface area contributed by atoms with E-state index in [1.54, 1.807) is 0 Å². The number of aromatic nitrogens is 2. The Morgan fingerprint density at radius 3 is 2.31 bits per heavy atom. The number of anilines is 1. The number of benzene rings is 1. The Bertz CT molecular complexity index is 896. The lowest BCUT2D eigenvalue weighted by Crippen LogP contribution is -2.57. The van der Waals surface area contributed by atoms with Gasteiger partial charge < -0.3 is 9.64 Å². The van der Waals surface area contributed by atoms with Gasteiger partial charge in [-0.15, -0.1) is 0 Å². The molecule has 0 radical (unpaired) electrons. The van der Waals surface area contributed by atoms with Gasteiger partial charge >= 0.3 is 0 Å². The average molecular weight is 384 g/mol. The number of ether oxygens (including phenoxy) is 1. The van der Waals surface area contributed by atoms with E-state index in [4.69, 9.17) is 16.3 Å². The van der Waals surface area contributed by atoms with Gasteiger partial charge in [-0.05, 0) is 39.8 Å². The fourth-order valence-electron chi connectivity index (χ4n) is 3.43. The van der Waals surface area contributed by atoms with E-state index in [-0.39, 0.29) is 10.7 Å². The third kappa shape index (κ3) is 3.59. The van der Waals surface area contributed by atoms with E-state index in [1.807, 2.05) is 32.6 Å². The molecule has 8 heteroatoms. The molecular weight excluding hydrogens is 364 g/mol. The zero-order chi connectivity index (χ0) is 19.3. The molecule has 1 aromatic heterocycles. The second-order valence-electron chi connectivity index (χ2n) is 7.63. The molecule has 0 unspecified atom stereocenters. The van der Waals surface area contributed by atoms with Crippen molar-refractivity contribution in [1.82, 2.24) is 9.78 Å². The Morgan fingerprint density at radius 2 is 1.73 bits per heavy atom. The van der Waals surface area contributed by atoms with Gasteiger partial charge in [-0.25, -0.2) is 8.78 Å². The molecule has 0 N–H and O–H groups in total. The van der Waals surface area contributed by atoms with E-state index < -0.39 is 28.4 Å². The van der Waals surface area contributed by atoms with Crippen molar-refractivity contribution < 1.29 is 13.5 Å². The number of rotatable bonds is 2. The van der Waals surface area contributed by atoms with Crippen LogP contribution in [0.2, 0.25) is 5.02 Å². The Morgan fingerprint density at radius 1 is 1.12 bits per heavy atom. The van der Waals surface area contributed by atoms with Gasteiger partial charge in [-0.2, -0.15) is 9.78 Å². The molecule has 5 nitrogen and oxygen atoms in total. The maximum atomic E-state index is 14.0. The van der Waals surface area contributed by atoms with Crippen LogP contribution < -0.4 is 10.5 Å². The Kier molecular flexibility index (Phi) is 4.56. The molecule has 3 rings (SSSR count). The van der Waals surface area contributed by atoms with Crippen LogP contribution in [-0.4, -0.2) is 34.1 Å². The lowest BCUT2D eigenvalue weighted by atomic mass is 9.98. The Labute approximate surface area is 155 Å². The topological polar surface area (TPSA) is 47.4 Å². The van der Waals surface area contributed by atoms with Crippen molar-refractivity contribution >= 4 is 17.3 Å². The number of hydrogen-bond donors (Lipinski definition) is 0. The van der Waals surface area contributed by atoms with Gasteiger partial charge in [0, 0.05) is 19.2 Å². The molecule has 0 aliphatic carbocycles. The zero-order valence-electron chi connectivity index (χ0n) is 15.0. The third-order valence-electron chi connectivity index (χ3n) is 4.07. The highest BCUT2D eigenvalue weighted by molar-refractivity contribution is 6.33. The minimum absolute atomic E-state index is 0.0720. The van der Waals surface area contributed by atoms with Crippen molar-refractivity contribution in [1.29, 1.82) is 0 Å². The standard InChI is InChI=1S/C18H20ClF2N3O2/c1-17(2)9-23(10-18(3,4)26-17)14-8-22-24(16(25)15(14)19)13-6-5-11(20)7-12(13)21/h5-8H,9-10H2,1-4H3. The van der Waals surface area contributed by atoms with E-state index in [9.17, 15) is 13.6 Å². The molecule has 2 aromatic rings. The summed E-state index contributed by atoms with van der Waals surface area (Å²) in [6, 6.07) is 2.90. The predicted molar refractivity (Wildman–Crippen MR) is 96.2 cm³/mol. The molecular formula is C18H20ClF2N3O2. The summed E-state index contributed by atoms with van der Waals surface area (Å²) in [5.74, 6) is -1.63. The van der Waals surface area contributed by atoms with Crippen LogP contribution in [0.25, 0.3) is 5.69 Å². The number of hydrogen-bond acceptors (Lipinski definition) is 4. The SMILES string of the molecule is CC1(C)CN(c2cnn(-c3ccc(F)cc3F)c(=O)c2Cl)CC(C)(C)O1. The monoisotopic (exact) mass is 383 g/mol. The average Bonchev–Trinajstić information content (AvgIpc) is 2.47. The first-order valence-electron chi connectivity index (χ1n) is 8.17. The van der Waals surface area contributed by atoms with E-state index in [2.05, 4.69) is 5.10 Å². The molecule has 1 aromatic carbocycles. The maximum Gasteiger partial charge on any atom is 0.292 e. The zero-order valence-corrected chi connectivity index (χ0v) is 15.8. The lowest BCUT2D eigenvalue weighted by molar-refractivity contribution is -0.133. The number of halogens is 3. The molecule has 1 fully saturated rings. The minimum Gasteiger partial charge on any atom is -0.366 e. The summed E-state index contributed by atoms with van der Waals surface area (Å²) in [6.45, 7) is 8.86. The van der Waals surface area contributed by atoms with Gasteiger partial charge in [0.25, 0.3) is 5.56 Å². The second-order valence-corrected chi connectivity index (χ2v) is 8.01. The van der Waals surface area contributed by atoms with Gasteiger partial charge in [-0.1, -0.05) is 11.6 Å². The molecule has 26 heavy (non-hydrogen) atoms. The largest absolute Gasteiger partial charge is 0.366 e. The van der Waals surface area contributed by atoms with Crippen molar-refractivity contribution in [3.8, 4) is 5.69 Å². The minimum atomic E-state index is -0.892. The Hall–Kier alpha value is -1.99. The molecule has 0 atom stereocenters. The Balaban J connectivity index is 2.04. The van der Waals surface area contributed by atoms with Crippen LogP contribution in [0.3, 0.4) is 0 Å². The second kappa shape index (κ2) is 6.32. The normalized spacial score (nSPS) is 18.8. The van der Waals surface area contributed by atoms with Crippen LogP contribution in [-0.2, 0) is 4.74 Å². The van der Waals surface area contributed by atoms with Crippen LogP contribution in [0.1, 0.15) is 27.7 Å². The summed E-state index contributed by atoms with van der Waals surface area (Å²) in [7, 11) is 0. The number of nitrogens with zero attached hydrogens (tertiary/aromatic N) is 3. The third-order valence-corrected chi connectivity index (χ3v) is 4.43. The van der Waals surface area contributed by atoms with Crippen molar-refractivity contribution in [3.63, 3.8) is 0 Å². The lowest BCUT2D eigenvalue weighted by Gasteiger charge is -2.48. The van der Waals surface area contributed by atoms with Gasteiger partial charge in [0.05, 0.1) is 23.1 Å². The summed E-state index contributed by atoms with van der Waals surface area (Å²) in [5.41, 5.74) is -1.25. The van der Waals surface area contributed by atoms with Crippen molar-refractivity contribution in [2.24, 2.45) is 0 Å². The van der Waals surface area contributed by atoms with Crippen molar-refractivity contribution in [2.45, 2.75) is 38.9 Å². The summed E-state index contributed by atoms with van der Waals surface area (Å²) >= 11 is 6.30. The molecule has 0 saturated carbocycles. The molecule has 2 heterocycles. The van der Waals surface area contributed by atoms with Crippen LogP contribution in [0.4, 0.5) is 14.5 Å². The van der Waals surface area contributed by atoms with Crippen molar-refractivity contribution in [2.75, 3.05) is 18.0 Å². The summed E-state index contributed by atoms with van der Waals surface area (Å²) in [5, 5.41) is 3.97. The first-order chi connectivity index (χ1) is 12.0. The van der Waals surface area contributed by atoms with Gasteiger partial charge in [0.2, 0.25) is 0 Å². The highest BCUT2D eigenvalue weighted by atomic mass is 35.5. The summed E-state index contributed by atoms with van der Waals surface area (Å²) < 4.78 is 34.0. The highest BCUT2D eigenvalue weighted by Crippen LogP contribution is 2.33. The van der Waals surface area contributed by atoms with E-state index >= 15 is 0 Å². The van der Waals surface area contributed by atoms with Crippen LogP contribution in [0.15, 0.2) is 29.2 Å². The summed E-state index contributed by atoms with van der Waals surface area (Å²) in [6.07, 6.45) is 1.42. The molecule has 0 spiro atoms. The quantitative estimate of drug-likeness (QED) is 0.795. The van der Waals surface area contributed by atoms with E-state index in [1.165, 1.54) is 6.20 Å². The highest BCUT2D eigenvalue weighted by Gasteiger charge is 2.39. The molecule has 0 bridgehead atoms. The fraction of sp³-hybridized carbons (Fsp3) is 0.444. The van der Waals surface area contributed by atoms with Crippen LogP contribution >= 0.6 is 11.6 Å². The maximum absolute atomic E-state index is 14.0. The predicted octanol–water partition coefficient (Wildman–Crippen LogP) is 3.56. The molecule has 140 valence electrons. The van der Waals surface area contributed by atoms with Gasteiger partial charge in [-0.3, -0.25) is 4.79 Å². The number of morpholine rings is 1. The molecule has 1 aliphatic rings. The first-order valence-corrected chi connectivity index (χ1v) is 8.55. The van der Waals surface area contributed by atoms with Gasteiger partial charge in [0.1, 0.15) is 16.5 Å². The van der Waals surface area contributed by atoms with Crippen LogP contribution in [0, 0.1) is 11.6 Å². The summed E-state index contributed by atoms with van der Waals surface area (Å²) in [4.78, 5) is 14.6. The molecule has 1 aliphatic heterocycles. The van der Waals surface area contributed by atoms with Gasteiger partial charge in [0.15, 0.2) is 5.82 Å². The fourth-order valence-corrected chi connectivity index (χ4v) is 3.68. The van der Waals surface area contributed by atoms with Crippen LogP contribution in [0.5, 0.6) is 0 Å².